The van der Waals surface area contributed by atoms with Crippen LogP contribution >= 0.6 is 0 Å². The molecule has 0 saturated carbocycles. The molecule has 0 spiro atoms. The predicted octanol–water partition coefficient (Wildman–Crippen LogP) is 3.40. The van der Waals surface area contributed by atoms with Gasteiger partial charge in [-0.25, -0.2) is 0 Å². The van der Waals surface area contributed by atoms with Crippen molar-refractivity contribution >= 4 is 5.71 Å². The van der Waals surface area contributed by atoms with E-state index in [1.54, 1.807) is 0 Å². The number of hydrogen-bond acceptors (Lipinski definition) is 1. The minimum Gasteiger partial charge on any atom is -0.262 e. The Kier molecular flexibility index (Phi) is 2.75. The number of allylic oxidation sites excluding steroid dienone is 6. The highest BCUT2D eigenvalue weighted by molar-refractivity contribution is 5.87. The Labute approximate surface area is 79.6 Å². The van der Waals surface area contributed by atoms with Crippen molar-refractivity contribution in [2.75, 3.05) is 0 Å². The third-order valence-corrected chi connectivity index (χ3v) is 2.41. The topological polar surface area (TPSA) is 12.4 Å². The fraction of sp³-hybridized carbons (Fsp3) is 0.417. The lowest BCUT2D eigenvalue weighted by Crippen LogP contribution is -2.01. The molecule has 0 aliphatic heterocycles. The third kappa shape index (κ3) is 2.41. The number of aliphatic imine (C=N–C) groups is 1. The number of nitrogens with zero attached hydrogens (tertiary/aromatic N) is 1. The van der Waals surface area contributed by atoms with Gasteiger partial charge in [0.25, 0.3) is 0 Å². The van der Waals surface area contributed by atoms with Gasteiger partial charge >= 0.3 is 0 Å². The van der Waals surface area contributed by atoms with Crippen LogP contribution in [0.2, 0.25) is 0 Å². The fourth-order valence-corrected chi connectivity index (χ4v) is 1.68. The van der Waals surface area contributed by atoms with E-state index in [4.69, 9.17) is 0 Å². The lowest BCUT2D eigenvalue weighted by molar-refractivity contribution is 0.928. The van der Waals surface area contributed by atoms with Crippen molar-refractivity contribution in [2.24, 2.45) is 4.99 Å². The molecule has 0 fully saturated rings. The van der Waals surface area contributed by atoms with Gasteiger partial charge in [0.05, 0.1) is 0 Å². The highest BCUT2D eigenvalue weighted by Crippen LogP contribution is 2.16. The van der Waals surface area contributed by atoms with Crippen molar-refractivity contribution < 1.29 is 0 Å². The zero-order valence-corrected chi connectivity index (χ0v) is 7.87. The van der Waals surface area contributed by atoms with E-state index in [-0.39, 0.29) is 0 Å². The van der Waals surface area contributed by atoms with Crippen LogP contribution in [0.25, 0.3) is 0 Å². The largest absolute Gasteiger partial charge is 0.262 e. The first-order chi connectivity index (χ1) is 6.45. The third-order valence-electron chi connectivity index (χ3n) is 2.41. The molecule has 68 valence electrons. The molecule has 2 rings (SSSR count). The Morgan fingerprint density at radius 3 is 2.62 bits per heavy atom. The number of rotatable bonds is 1. The molecule has 0 aromatic carbocycles. The van der Waals surface area contributed by atoms with E-state index in [1.807, 2.05) is 0 Å². The zero-order chi connectivity index (χ0) is 8.93. The van der Waals surface area contributed by atoms with Crippen LogP contribution in [0.3, 0.4) is 0 Å². The van der Waals surface area contributed by atoms with E-state index in [0.29, 0.717) is 0 Å². The van der Waals surface area contributed by atoms with Crippen molar-refractivity contribution in [3.63, 3.8) is 0 Å². The van der Waals surface area contributed by atoms with Crippen molar-refractivity contribution in [3.8, 4) is 0 Å². The molecule has 2 aliphatic carbocycles. The highest BCUT2D eigenvalue weighted by Gasteiger charge is 2.03. The molecule has 0 radical (unpaired) electrons. The first-order valence-electron chi connectivity index (χ1n) is 5.02. The molecule has 0 amide bonds. The minimum atomic E-state index is 1.06. The van der Waals surface area contributed by atoms with Gasteiger partial charge in [0.2, 0.25) is 0 Å². The van der Waals surface area contributed by atoms with Crippen LogP contribution in [0, 0.1) is 0 Å². The molecule has 0 aromatic heterocycles. The minimum absolute atomic E-state index is 1.06. The SMILES string of the molecule is C1=CCCC(N=C2CC=CCC2)=C1. The second-order valence-electron chi connectivity index (χ2n) is 3.52. The maximum atomic E-state index is 4.67. The lowest BCUT2D eigenvalue weighted by Gasteiger charge is -2.09. The fourth-order valence-electron chi connectivity index (χ4n) is 1.68. The van der Waals surface area contributed by atoms with Crippen molar-refractivity contribution in [1.29, 1.82) is 0 Å². The molecule has 0 unspecified atom stereocenters. The van der Waals surface area contributed by atoms with Crippen molar-refractivity contribution in [3.05, 3.63) is 36.1 Å². The molecule has 1 nitrogen and oxygen atoms in total. The summed E-state index contributed by atoms with van der Waals surface area (Å²) in [5, 5.41) is 0. The Hall–Kier alpha value is -1.11. The van der Waals surface area contributed by atoms with Crippen LogP contribution in [0.15, 0.2) is 41.1 Å². The molecule has 0 atom stereocenters. The monoisotopic (exact) mass is 173 g/mol. The average molecular weight is 173 g/mol. The van der Waals surface area contributed by atoms with Crippen LogP contribution in [-0.4, -0.2) is 5.71 Å². The summed E-state index contributed by atoms with van der Waals surface area (Å²) in [5.74, 6) is 0. The van der Waals surface area contributed by atoms with Gasteiger partial charge in [0.1, 0.15) is 0 Å². The normalized spacial score (nSPS) is 24.9. The van der Waals surface area contributed by atoms with Crippen LogP contribution in [0.4, 0.5) is 0 Å². The molecule has 0 bridgehead atoms. The van der Waals surface area contributed by atoms with Gasteiger partial charge in [0.15, 0.2) is 0 Å². The molecule has 13 heavy (non-hydrogen) atoms. The summed E-state index contributed by atoms with van der Waals surface area (Å²) in [6.07, 6.45) is 16.6. The summed E-state index contributed by atoms with van der Waals surface area (Å²) in [5.41, 5.74) is 2.61. The second kappa shape index (κ2) is 4.22. The van der Waals surface area contributed by atoms with E-state index in [2.05, 4.69) is 35.4 Å². The summed E-state index contributed by atoms with van der Waals surface area (Å²) in [4.78, 5) is 4.67. The molecule has 1 heteroatoms. The molecule has 0 N–H and O–H groups in total. The van der Waals surface area contributed by atoms with Gasteiger partial charge in [-0.2, -0.15) is 0 Å². The van der Waals surface area contributed by atoms with E-state index in [1.165, 1.54) is 17.8 Å². The quantitative estimate of drug-likeness (QED) is 0.539. The molecule has 0 aromatic rings. The maximum absolute atomic E-state index is 4.67. The Bertz CT molecular complexity index is 292. The van der Waals surface area contributed by atoms with Crippen LogP contribution in [0.5, 0.6) is 0 Å². The first kappa shape index (κ1) is 8.49. The molecular weight excluding hydrogens is 158 g/mol. The van der Waals surface area contributed by atoms with Gasteiger partial charge < -0.3 is 0 Å². The van der Waals surface area contributed by atoms with E-state index in [9.17, 15) is 0 Å². The van der Waals surface area contributed by atoms with Crippen LogP contribution < -0.4 is 0 Å². The summed E-state index contributed by atoms with van der Waals surface area (Å²) in [6, 6.07) is 0. The lowest BCUT2D eigenvalue weighted by atomic mass is 10.0. The maximum Gasteiger partial charge on any atom is 0.0406 e. The molecule has 0 saturated heterocycles. The summed E-state index contributed by atoms with van der Waals surface area (Å²) in [7, 11) is 0. The van der Waals surface area contributed by atoms with Gasteiger partial charge in [-0.15, -0.1) is 0 Å². The predicted molar refractivity (Wildman–Crippen MR) is 56.9 cm³/mol. The van der Waals surface area contributed by atoms with E-state index < -0.39 is 0 Å². The first-order valence-corrected chi connectivity index (χ1v) is 5.02. The number of hydrogen-bond donors (Lipinski definition) is 0. The van der Waals surface area contributed by atoms with Gasteiger partial charge in [-0.3, -0.25) is 4.99 Å². The average Bonchev–Trinajstić information content (AvgIpc) is 2.21. The summed E-state index contributed by atoms with van der Waals surface area (Å²) >= 11 is 0. The Balaban J connectivity index is 2.05. The smallest absolute Gasteiger partial charge is 0.0406 e. The van der Waals surface area contributed by atoms with Gasteiger partial charge in [-0.05, 0) is 31.8 Å². The van der Waals surface area contributed by atoms with Crippen molar-refractivity contribution in [1.82, 2.24) is 0 Å². The molecular formula is C12H15N. The second-order valence-corrected chi connectivity index (χ2v) is 3.52. The highest BCUT2D eigenvalue weighted by atomic mass is 14.8. The Morgan fingerprint density at radius 2 is 1.92 bits per heavy atom. The van der Waals surface area contributed by atoms with E-state index >= 15 is 0 Å². The van der Waals surface area contributed by atoms with Crippen LogP contribution in [0.1, 0.15) is 32.1 Å². The van der Waals surface area contributed by atoms with Gasteiger partial charge in [0, 0.05) is 17.8 Å². The molecule has 2 aliphatic rings. The Morgan fingerprint density at radius 1 is 1.00 bits per heavy atom. The van der Waals surface area contributed by atoms with Crippen LogP contribution in [-0.2, 0) is 0 Å². The standard InChI is InChI=1S/C12H15N/c1-3-7-11(8-4-1)13-12-9-5-2-6-10-12/h1-3,5,7H,4,6,8-10H2. The summed E-state index contributed by atoms with van der Waals surface area (Å²) < 4.78 is 0. The zero-order valence-electron chi connectivity index (χ0n) is 7.87. The molecule has 0 heterocycles. The summed E-state index contributed by atoms with van der Waals surface area (Å²) in [6.45, 7) is 0. The van der Waals surface area contributed by atoms with E-state index in [0.717, 1.165) is 25.7 Å². The van der Waals surface area contributed by atoms with Gasteiger partial charge in [-0.1, -0.05) is 24.3 Å². The van der Waals surface area contributed by atoms with Crippen molar-refractivity contribution in [2.45, 2.75) is 32.1 Å².